The maximum Gasteiger partial charge on any atom is 0.242 e. The van der Waals surface area contributed by atoms with Crippen molar-refractivity contribution in [2.24, 2.45) is 16.8 Å². The lowest BCUT2D eigenvalue weighted by molar-refractivity contribution is -0.126. The number of carbonyl (C=O) groups excluding carboxylic acids is 2. The number of aldehydes is 1. The van der Waals surface area contributed by atoms with Gasteiger partial charge in [0.2, 0.25) is 5.91 Å². The SMILES string of the molecule is COC/N=C\N(C)NC(=O)[C@H]1C[C@@H]1C=O. The first-order chi connectivity index (χ1) is 7.19. The molecule has 0 aromatic carbocycles. The van der Waals surface area contributed by atoms with Gasteiger partial charge in [-0.2, -0.15) is 0 Å². The normalized spacial score (nSPS) is 23.9. The van der Waals surface area contributed by atoms with Gasteiger partial charge < -0.3 is 9.53 Å². The molecule has 2 atom stereocenters. The van der Waals surface area contributed by atoms with Gasteiger partial charge in [-0.25, -0.2) is 4.99 Å². The Hall–Kier alpha value is -1.43. The van der Waals surface area contributed by atoms with E-state index in [-0.39, 0.29) is 24.5 Å². The second-order valence-corrected chi connectivity index (χ2v) is 3.44. The lowest BCUT2D eigenvalue weighted by Gasteiger charge is -2.14. The molecule has 0 aliphatic heterocycles. The highest BCUT2D eigenvalue weighted by molar-refractivity contribution is 5.86. The molecule has 6 nitrogen and oxygen atoms in total. The van der Waals surface area contributed by atoms with Crippen molar-refractivity contribution < 1.29 is 14.3 Å². The van der Waals surface area contributed by atoms with Crippen molar-refractivity contribution in [2.45, 2.75) is 6.42 Å². The van der Waals surface area contributed by atoms with Crippen LogP contribution in [0.3, 0.4) is 0 Å². The van der Waals surface area contributed by atoms with Gasteiger partial charge in [0.05, 0.1) is 0 Å². The molecule has 0 bridgehead atoms. The fourth-order valence-corrected chi connectivity index (χ4v) is 1.18. The van der Waals surface area contributed by atoms with E-state index in [4.69, 9.17) is 4.74 Å². The predicted molar refractivity (Wildman–Crippen MR) is 53.9 cm³/mol. The van der Waals surface area contributed by atoms with Crippen molar-refractivity contribution in [1.82, 2.24) is 10.4 Å². The second-order valence-electron chi connectivity index (χ2n) is 3.44. The molecule has 0 aromatic heterocycles. The Morgan fingerprint density at radius 3 is 3.00 bits per heavy atom. The maximum absolute atomic E-state index is 11.4. The molecule has 0 spiro atoms. The summed E-state index contributed by atoms with van der Waals surface area (Å²) in [5.41, 5.74) is 2.60. The van der Waals surface area contributed by atoms with Gasteiger partial charge in [0.15, 0.2) is 0 Å². The first-order valence-corrected chi connectivity index (χ1v) is 4.66. The summed E-state index contributed by atoms with van der Waals surface area (Å²) in [7, 11) is 3.20. The van der Waals surface area contributed by atoms with Gasteiger partial charge in [0.1, 0.15) is 19.4 Å². The average Bonchev–Trinajstić information content (AvgIpc) is 2.97. The van der Waals surface area contributed by atoms with Crippen molar-refractivity contribution in [3.63, 3.8) is 0 Å². The van der Waals surface area contributed by atoms with Crippen LogP contribution in [-0.2, 0) is 14.3 Å². The number of aliphatic imine (C=N–C) groups is 1. The Labute approximate surface area is 88.3 Å². The van der Waals surface area contributed by atoms with Gasteiger partial charge in [-0.1, -0.05) is 0 Å². The third kappa shape index (κ3) is 3.67. The van der Waals surface area contributed by atoms with Crippen molar-refractivity contribution in [3.05, 3.63) is 0 Å². The minimum atomic E-state index is -0.166. The van der Waals surface area contributed by atoms with E-state index < -0.39 is 0 Å². The minimum Gasteiger partial charge on any atom is -0.362 e. The summed E-state index contributed by atoms with van der Waals surface area (Å²) in [6, 6.07) is 0. The summed E-state index contributed by atoms with van der Waals surface area (Å²) in [6.45, 7) is 0.251. The fraction of sp³-hybridized carbons (Fsp3) is 0.667. The van der Waals surface area contributed by atoms with Gasteiger partial charge in [-0.15, -0.1) is 0 Å². The summed E-state index contributed by atoms with van der Waals surface area (Å²) in [5.74, 6) is -0.409. The molecule has 1 rings (SSSR count). The number of amides is 1. The number of hydrazine groups is 1. The molecule has 1 amide bonds. The van der Waals surface area contributed by atoms with Crippen LogP contribution in [0, 0.1) is 11.8 Å². The van der Waals surface area contributed by atoms with E-state index in [0.717, 1.165) is 6.29 Å². The van der Waals surface area contributed by atoms with E-state index in [9.17, 15) is 9.59 Å². The Kier molecular flexibility index (Phi) is 4.23. The third-order valence-corrected chi connectivity index (χ3v) is 2.10. The number of methoxy groups -OCH3 is 1. The zero-order valence-electron chi connectivity index (χ0n) is 8.84. The van der Waals surface area contributed by atoms with E-state index in [1.165, 1.54) is 18.5 Å². The van der Waals surface area contributed by atoms with Gasteiger partial charge in [-0.3, -0.25) is 15.2 Å². The highest BCUT2D eigenvalue weighted by atomic mass is 16.5. The quantitative estimate of drug-likeness (QED) is 0.277. The standard InChI is InChI=1S/C9H15N3O3/c1-12(5-10-6-15-2)11-9(14)8-3-7(8)4-13/h4-5,7-8H,3,6H2,1-2H3,(H,11,14)/b10-5-/t7-,8+/m1/s1. The summed E-state index contributed by atoms with van der Waals surface area (Å²) in [6.07, 6.45) is 2.93. The lowest BCUT2D eigenvalue weighted by atomic mass is 10.3. The number of rotatable bonds is 6. The summed E-state index contributed by atoms with van der Waals surface area (Å²) < 4.78 is 4.71. The van der Waals surface area contributed by atoms with E-state index in [1.807, 2.05) is 0 Å². The lowest BCUT2D eigenvalue weighted by Crippen LogP contribution is -2.39. The van der Waals surface area contributed by atoms with Crippen LogP contribution < -0.4 is 5.43 Å². The molecule has 0 saturated heterocycles. The molecule has 0 aromatic rings. The highest BCUT2D eigenvalue weighted by Gasteiger charge is 2.43. The summed E-state index contributed by atoms with van der Waals surface area (Å²) >= 11 is 0. The molecule has 6 heteroatoms. The first-order valence-electron chi connectivity index (χ1n) is 4.66. The summed E-state index contributed by atoms with van der Waals surface area (Å²) in [4.78, 5) is 25.6. The second kappa shape index (κ2) is 5.45. The molecule has 0 unspecified atom stereocenters. The molecular formula is C9H15N3O3. The van der Waals surface area contributed by atoms with Crippen molar-refractivity contribution in [1.29, 1.82) is 0 Å². The molecule has 1 saturated carbocycles. The van der Waals surface area contributed by atoms with Crippen LogP contribution in [0.15, 0.2) is 4.99 Å². The van der Waals surface area contributed by atoms with E-state index in [1.54, 1.807) is 7.05 Å². The molecule has 1 aliphatic rings. The zero-order chi connectivity index (χ0) is 11.3. The largest absolute Gasteiger partial charge is 0.362 e. The van der Waals surface area contributed by atoms with Crippen molar-refractivity contribution in [2.75, 3.05) is 20.9 Å². The molecular weight excluding hydrogens is 198 g/mol. The van der Waals surface area contributed by atoms with Gasteiger partial charge >= 0.3 is 0 Å². The van der Waals surface area contributed by atoms with Gasteiger partial charge in [0, 0.05) is 26.0 Å². The van der Waals surface area contributed by atoms with E-state index in [0.29, 0.717) is 6.42 Å². The molecule has 0 radical (unpaired) electrons. The van der Waals surface area contributed by atoms with E-state index in [2.05, 4.69) is 10.4 Å². The van der Waals surface area contributed by atoms with Crippen molar-refractivity contribution in [3.8, 4) is 0 Å². The molecule has 84 valence electrons. The van der Waals surface area contributed by atoms with Gasteiger partial charge in [-0.05, 0) is 6.42 Å². The number of hydrogen-bond donors (Lipinski definition) is 1. The number of ether oxygens (including phenoxy) is 1. The van der Waals surface area contributed by atoms with Gasteiger partial charge in [0.25, 0.3) is 0 Å². The van der Waals surface area contributed by atoms with E-state index >= 15 is 0 Å². The highest BCUT2D eigenvalue weighted by Crippen LogP contribution is 2.36. The average molecular weight is 213 g/mol. The van der Waals surface area contributed by atoms with Crippen LogP contribution in [0.25, 0.3) is 0 Å². The minimum absolute atomic E-state index is 0.102. The van der Waals surface area contributed by atoms with Crippen LogP contribution in [0.4, 0.5) is 0 Å². The fourth-order valence-electron chi connectivity index (χ4n) is 1.18. The molecule has 0 heterocycles. The van der Waals surface area contributed by atoms with Crippen molar-refractivity contribution >= 4 is 18.5 Å². The van der Waals surface area contributed by atoms with Crippen LogP contribution in [-0.4, -0.2) is 44.4 Å². The van der Waals surface area contributed by atoms with Crippen LogP contribution in [0.1, 0.15) is 6.42 Å². The molecule has 15 heavy (non-hydrogen) atoms. The Balaban J connectivity index is 2.23. The maximum atomic E-state index is 11.4. The smallest absolute Gasteiger partial charge is 0.242 e. The Bertz CT molecular complexity index is 267. The number of hydrogen-bond acceptors (Lipinski definition) is 4. The monoisotopic (exact) mass is 213 g/mol. The molecule has 1 fully saturated rings. The summed E-state index contributed by atoms with van der Waals surface area (Å²) in [5, 5.41) is 1.45. The Morgan fingerprint density at radius 1 is 1.73 bits per heavy atom. The Morgan fingerprint density at radius 2 is 2.47 bits per heavy atom. The number of carbonyl (C=O) groups is 2. The molecule has 1 N–H and O–H groups in total. The first kappa shape index (κ1) is 11.6. The zero-order valence-corrected chi connectivity index (χ0v) is 8.84. The molecule has 1 aliphatic carbocycles. The van der Waals surface area contributed by atoms with Crippen LogP contribution in [0.2, 0.25) is 0 Å². The third-order valence-electron chi connectivity index (χ3n) is 2.10. The number of nitrogens with zero attached hydrogens (tertiary/aromatic N) is 2. The van der Waals surface area contributed by atoms with Crippen LogP contribution in [0.5, 0.6) is 0 Å². The number of nitrogens with one attached hydrogen (secondary N) is 1. The topological polar surface area (TPSA) is 71.0 Å². The predicted octanol–water partition coefficient (Wildman–Crippen LogP) is -0.583. The van der Waals surface area contributed by atoms with Crippen LogP contribution >= 0.6 is 0 Å².